The molecule has 0 aliphatic carbocycles. The molecule has 0 amide bonds. The van der Waals surface area contributed by atoms with Gasteiger partial charge in [0.1, 0.15) is 6.61 Å². The summed E-state index contributed by atoms with van der Waals surface area (Å²) in [5.74, 6) is -1.86. The fraction of sp³-hybridized carbons (Fsp3) is 0.149. The number of esters is 4. The first kappa shape index (κ1) is 40.6. The van der Waals surface area contributed by atoms with Crippen LogP contribution in [0, 0.1) is 0 Å². The maximum atomic E-state index is 14.1. The van der Waals surface area contributed by atoms with Gasteiger partial charge >= 0.3 is 23.9 Å². The highest BCUT2D eigenvalue weighted by Gasteiger charge is 2.44. The highest BCUT2D eigenvalue weighted by atomic mass is 32.2. The van der Waals surface area contributed by atoms with Crippen LogP contribution in [0.15, 0.2) is 182 Å². The molecule has 288 valence electrons. The van der Waals surface area contributed by atoms with Gasteiger partial charge in [0.05, 0.1) is 26.8 Å². The molecule has 0 heterocycles. The van der Waals surface area contributed by atoms with Gasteiger partial charge < -0.3 is 18.9 Å². The summed E-state index contributed by atoms with van der Waals surface area (Å²) in [5, 5.41) is 0. The summed E-state index contributed by atoms with van der Waals surface area (Å²) in [5.41, 5.74) is 3.01. The van der Waals surface area contributed by atoms with Gasteiger partial charge in [-0.3, -0.25) is 0 Å². The Kier molecular flexibility index (Phi) is 15.1. The molecule has 6 rings (SSSR count). The maximum Gasteiger partial charge on any atom is 0.338 e. The molecule has 6 aromatic carbocycles. The van der Waals surface area contributed by atoms with Crippen molar-refractivity contribution >= 4 is 47.4 Å². The third-order valence-electron chi connectivity index (χ3n) is 8.63. The number of thioether (sulfide) groups is 2. The van der Waals surface area contributed by atoms with E-state index in [4.69, 9.17) is 18.9 Å². The minimum absolute atomic E-state index is 0.218. The molecule has 10 heteroatoms. The Morgan fingerprint density at radius 2 is 0.702 bits per heavy atom. The highest BCUT2D eigenvalue weighted by Crippen LogP contribution is 2.37. The second-order valence-electron chi connectivity index (χ2n) is 12.7. The maximum absolute atomic E-state index is 14.1. The van der Waals surface area contributed by atoms with Crippen LogP contribution >= 0.6 is 23.5 Å². The van der Waals surface area contributed by atoms with Gasteiger partial charge in [-0.25, -0.2) is 19.2 Å². The molecule has 0 saturated heterocycles. The molecule has 0 fully saturated rings. The lowest BCUT2D eigenvalue weighted by Gasteiger charge is -2.36. The van der Waals surface area contributed by atoms with Crippen LogP contribution in [0.5, 0.6) is 0 Å². The normalized spacial score (nSPS) is 12.4. The molecular formula is C47H40O8S2. The Hall–Kier alpha value is -6.10. The van der Waals surface area contributed by atoms with E-state index >= 15 is 0 Å². The van der Waals surface area contributed by atoms with E-state index in [1.165, 1.54) is 23.5 Å². The molecule has 0 saturated carbocycles. The SMILES string of the molecule is O=C(OC[C@@H](OC(=O)c1ccccc1)[C@H](OC(=O)c1ccccc1)[C@@H](OC(=O)c1ccccc1)C(SCc1ccccc1)SCc1ccccc1)c1ccccc1. The third kappa shape index (κ3) is 12.2. The number of ether oxygens (including phenoxy) is 4. The van der Waals surface area contributed by atoms with Gasteiger partial charge in [0.2, 0.25) is 0 Å². The Labute approximate surface area is 340 Å². The lowest BCUT2D eigenvalue weighted by atomic mass is 10.1. The smallest absolute Gasteiger partial charge is 0.338 e. The Morgan fingerprint density at radius 3 is 1.09 bits per heavy atom. The molecular weight excluding hydrogens is 757 g/mol. The van der Waals surface area contributed by atoms with Crippen LogP contribution in [-0.2, 0) is 30.5 Å². The molecule has 3 atom stereocenters. The molecule has 0 unspecified atom stereocenters. The van der Waals surface area contributed by atoms with Crippen molar-refractivity contribution < 1.29 is 38.1 Å². The lowest BCUT2D eigenvalue weighted by molar-refractivity contribution is -0.0974. The van der Waals surface area contributed by atoms with E-state index in [0.29, 0.717) is 11.5 Å². The molecule has 0 spiro atoms. The van der Waals surface area contributed by atoms with E-state index in [2.05, 4.69) is 0 Å². The zero-order valence-electron chi connectivity index (χ0n) is 30.8. The number of rotatable bonds is 18. The summed E-state index contributed by atoms with van der Waals surface area (Å²) in [6, 6.07) is 53.1. The minimum atomic E-state index is -1.47. The molecule has 0 aromatic heterocycles. The third-order valence-corrected chi connectivity index (χ3v) is 11.6. The molecule has 0 aliphatic heterocycles. The Balaban J connectivity index is 1.45. The zero-order chi connectivity index (χ0) is 39.7. The van der Waals surface area contributed by atoms with Crippen molar-refractivity contribution in [2.75, 3.05) is 6.61 Å². The average molecular weight is 797 g/mol. The Morgan fingerprint density at radius 1 is 0.386 bits per heavy atom. The molecule has 0 radical (unpaired) electrons. The standard InChI is InChI=1S/C47H40O8S2/c48-43(36-23-11-3-12-24-36)52-31-40(53-44(49)37-25-13-4-14-26-37)41(54-45(50)38-27-15-5-16-28-38)42(55-46(51)39-29-17-6-18-30-39)47(56-32-34-19-7-1-8-20-34)57-33-35-21-9-2-10-22-35/h1-30,40-42,47H,31-33H2/t40-,41+,42-/m1/s1. The highest BCUT2D eigenvalue weighted by molar-refractivity contribution is 8.16. The van der Waals surface area contributed by atoms with Crippen molar-refractivity contribution in [2.45, 2.75) is 34.4 Å². The number of benzene rings is 6. The monoisotopic (exact) mass is 796 g/mol. The Bertz CT molecular complexity index is 2110. The topological polar surface area (TPSA) is 105 Å². The van der Waals surface area contributed by atoms with Crippen molar-refractivity contribution in [2.24, 2.45) is 0 Å². The van der Waals surface area contributed by atoms with Gasteiger partial charge in [-0.05, 0) is 59.7 Å². The van der Waals surface area contributed by atoms with Crippen LogP contribution in [0.2, 0.25) is 0 Å². The number of hydrogen-bond donors (Lipinski definition) is 0. The number of carbonyl (C=O) groups excluding carboxylic acids is 4. The summed E-state index contributed by atoms with van der Waals surface area (Å²) in [4.78, 5) is 55.5. The first-order valence-corrected chi connectivity index (χ1v) is 20.4. The van der Waals surface area contributed by atoms with Crippen LogP contribution < -0.4 is 0 Å². The summed E-state index contributed by atoms with van der Waals surface area (Å²) in [7, 11) is 0. The fourth-order valence-corrected chi connectivity index (χ4v) is 8.39. The van der Waals surface area contributed by atoms with E-state index in [0.717, 1.165) is 11.1 Å². The van der Waals surface area contributed by atoms with Crippen molar-refractivity contribution in [3.8, 4) is 0 Å². The van der Waals surface area contributed by atoms with Gasteiger partial charge in [0, 0.05) is 11.5 Å². The van der Waals surface area contributed by atoms with E-state index in [1.54, 1.807) is 121 Å². The van der Waals surface area contributed by atoms with Crippen LogP contribution in [-0.4, -0.2) is 53.4 Å². The van der Waals surface area contributed by atoms with Gasteiger partial charge in [-0.2, -0.15) is 0 Å². The van der Waals surface area contributed by atoms with Crippen LogP contribution in [0.4, 0.5) is 0 Å². The second-order valence-corrected chi connectivity index (χ2v) is 15.3. The summed E-state index contributed by atoms with van der Waals surface area (Å²) >= 11 is 2.98. The predicted molar refractivity (Wildman–Crippen MR) is 223 cm³/mol. The van der Waals surface area contributed by atoms with Crippen molar-refractivity contribution in [3.05, 3.63) is 215 Å². The molecule has 0 bridgehead atoms. The van der Waals surface area contributed by atoms with E-state index in [9.17, 15) is 19.2 Å². The summed E-state index contributed by atoms with van der Waals surface area (Å²) < 4.78 is 24.1. The summed E-state index contributed by atoms with van der Waals surface area (Å²) in [6.45, 7) is -0.530. The van der Waals surface area contributed by atoms with E-state index in [1.807, 2.05) is 60.7 Å². The number of carbonyl (C=O) groups is 4. The van der Waals surface area contributed by atoms with E-state index < -0.39 is 53.4 Å². The molecule has 0 N–H and O–H groups in total. The van der Waals surface area contributed by atoms with Crippen LogP contribution in [0.1, 0.15) is 52.6 Å². The van der Waals surface area contributed by atoms with Crippen molar-refractivity contribution in [1.29, 1.82) is 0 Å². The number of hydrogen-bond acceptors (Lipinski definition) is 10. The lowest BCUT2D eigenvalue weighted by Crippen LogP contribution is -2.51. The summed E-state index contributed by atoms with van der Waals surface area (Å²) in [6.07, 6.45) is -4.17. The van der Waals surface area contributed by atoms with Gasteiger partial charge in [-0.15, -0.1) is 23.5 Å². The first-order valence-electron chi connectivity index (χ1n) is 18.3. The molecule has 8 nitrogen and oxygen atoms in total. The predicted octanol–water partition coefficient (Wildman–Crippen LogP) is 9.71. The molecule has 57 heavy (non-hydrogen) atoms. The van der Waals surface area contributed by atoms with Gasteiger partial charge in [0.15, 0.2) is 18.3 Å². The van der Waals surface area contributed by atoms with Crippen molar-refractivity contribution in [3.63, 3.8) is 0 Å². The molecule has 6 aromatic rings. The fourth-order valence-electron chi connectivity index (χ4n) is 5.70. The largest absolute Gasteiger partial charge is 0.458 e. The molecule has 0 aliphatic rings. The zero-order valence-corrected chi connectivity index (χ0v) is 32.5. The van der Waals surface area contributed by atoms with Gasteiger partial charge in [-0.1, -0.05) is 133 Å². The first-order chi connectivity index (χ1) is 27.9. The van der Waals surface area contributed by atoms with Crippen LogP contribution in [0.25, 0.3) is 0 Å². The quantitative estimate of drug-likeness (QED) is 0.0474. The minimum Gasteiger partial charge on any atom is -0.458 e. The van der Waals surface area contributed by atoms with Crippen LogP contribution in [0.3, 0.4) is 0 Å². The van der Waals surface area contributed by atoms with E-state index in [-0.39, 0.29) is 22.3 Å². The average Bonchev–Trinajstić information content (AvgIpc) is 3.28. The van der Waals surface area contributed by atoms with Gasteiger partial charge in [0.25, 0.3) is 0 Å². The van der Waals surface area contributed by atoms with Crippen molar-refractivity contribution in [1.82, 2.24) is 0 Å². The second kappa shape index (κ2) is 21.3.